The molecule has 0 aromatic carbocycles. The molecule has 2 atom stereocenters. The van der Waals surface area contributed by atoms with Crippen LogP contribution in [0, 0.1) is 10.8 Å². The predicted molar refractivity (Wildman–Crippen MR) is 74.9 cm³/mol. The Kier molecular flexibility index (Phi) is 3.68. The van der Waals surface area contributed by atoms with Gasteiger partial charge in [0, 0.05) is 23.9 Å². The van der Waals surface area contributed by atoms with Crippen LogP contribution in [0.25, 0.3) is 0 Å². The topological polar surface area (TPSA) is 12.0 Å². The lowest BCUT2D eigenvalue weighted by molar-refractivity contribution is 0.336. The Labute approximate surface area is 105 Å². The van der Waals surface area contributed by atoms with Crippen molar-refractivity contribution in [2.24, 2.45) is 10.8 Å². The van der Waals surface area contributed by atoms with Crippen LogP contribution in [0.1, 0.15) is 26.7 Å². The highest BCUT2D eigenvalue weighted by atomic mass is 14.9. The summed E-state index contributed by atoms with van der Waals surface area (Å²) in [6, 6.07) is 0. The molecule has 0 aromatic rings. The van der Waals surface area contributed by atoms with Gasteiger partial charge >= 0.3 is 0 Å². The van der Waals surface area contributed by atoms with E-state index in [1.807, 2.05) is 0 Å². The first kappa shape index (κ1) is 12.4. The molecule has 0 saturated heterocycles. The van der Waals surface area contributed by atoms with Crippen LogP contribution < -0.4 is 5.32 Å². The fourth-order valence-electron chi connectivity index (χ4n) is 2.44. The molecular formula is C16H23N. The van der Waals surface area contributed by atoms with E-state index in [-0.39, 0.29) is 0 Å². The van der Waals surface area contributed by atoms with Crippen molar-refractivity contribution in [1.29, 1.82) is 0 Å². The summed E-state index contributed by atoms with van der Waals surface area (Å²) in [5.74, 6) is 0. The second-order valence-electron chi connectivity index (χ2n) is 5.89. The van der Waals surface area contributed by atoms with Crippen LogP contribution >= 0.6 is 0 Å². The maximum Gasteiger partial charge on any atom is 0.00433 e. The van der Waals surface area contributed by atoms with Crippen LogP contribution in [0.2, 0.25) is 0 Å². The normalized spacial score (nSPS) is 35.4. The first-order valence-corrected chi connectivity index (χ1v) is 6.52. The van der Waals surface area contributed by atoms with E-state index in [4.69, 9.17) is 0 Å². The molecule has 0 aliphatic heterocycles. The molecule has 0 saturated carbocycles. The first-order chi connectivity index (χ1) is 8.12. The van der Waals surface area contributed by atoms with Gasteiger partial charge in [0.05, 0.1) is 0 Å². The van der Waals surface area contributed by atoms with Crippen molar-refractivity contribution in [3.63, 3.8) is 0 Å². The number of rotatable bonds is 4. The first-order valence-electron chi connectivity index (χ1n) is 6.52. The van der Waals surface area contributed by atoms with E-state index in [1.54, 1.807) is 0 Å². The maximum absolute atomic E-state index is 3.64. The molecule has 0 radical (unpaired) electrons. The summed E-state index contributed by atoms with van der Waals surface area (Å²) in [5, 5.41) is 3.64. The number of hydrogen-bond acceptors (Lipinski definition) is 1. The van der Waals surface area contributed by atoms with Gasteiger partial charge in [0.25, 0.3) is 0 Å². The molecule has 0 bridgehead atoms. The van der Waals surface area contributed by atoms with E-state index < -0.39 is 0 Å². The third kappa shape index (κ3) is 3.44. The largest absolute Gasteiger partial charge is 0.315 e. The molecule has 0 heterocycles. The molecule has 92 valence electrons. The molecule has 1 N–H and O–H groups in total. The Bertz CT molecular complexity index is 339. The van der Waals surface area contributed by atoms with E-state index in [0.717, 1.165) is 25.9 Å². The van der Waals surface area contributed by atoms with Crippen LogP contribution in [0.15, 0.2) is 48.6 Å². The van der Waals surface area contributed by atoms with Gasteiger partial charge in [-0.15, -0.1) is 0 Å². The summed E-state index contributed by atoms with van der Waals surface area (Å²) < 4.78 is 0. The Balaban J connectivity index is 1.80. The molecule has 0 spiro atoms. The Hall–Kier alpha value is -1.08. The van der Waals surface area contributed by atoms with Gasteiger partial charge in [-0.2, -0.15) is 0 Å². The second-order valence-corrected chi connectivity index (χ2v) is 5.89. The van der Waals surface area contributed by atoms with Crippen LogP contribution in [-0.4, -0.2) is 13.1 Å². The van der Waals surface area contributed by atoms with Crippen LogP contribution in [0.4, 0.5) is 0 Å². The van der Waals surface area contributed by atoms with Crippen molar-refractivity contribution in [3.05, 3.63) is 48.6 Å². The second kappa shape index (κ2) is 5.05. The zero-order valence-electron chi connectivity index (χ0n) is 10.9. The van der Waals surface area contributed by atoms with E-state index in [9.17, 15) is 0 Å². The van der Waals surface area contributed by atoms with E-state index in [2.05, 4.69) is 67.8 Å². The Morgan fingerprint density at radius 1 is 0.824 bits per heavy atom. The highest BCUT2D eigenvalue weighted by Gasteiger charge is 2.24. The van der Waals surface area contributed by atoms with Crippen molar-refractivity contribution in [2.75, 3.05) is 13.1 Å². The molecule has 0 unspecified atom stereocenters. The Morgan fingerprint density at radius 2 is 1.29 bits per heavy atom. The van der Waals surface area contributed by atoms with Gasteiger partial charge in [0.1, 0.15) is 0 Å². The monoisotopic (exact) mass is 229 g/mol. The standard InChI is InChI=1S/C16H23N/c1-15(9-5-3-6-10-15)13-17-14-16(2)11-7-4-8-12-16/h3-9,11,17H,10,12-14H2,1-2H3/t15-,16-/m0/s1. The van der Waals surface area contributed by atoms with Gasteiger partial charge in [-0.05, 0) is 12.8 Å². The molecule has 2 aliphatic rings. The van der Waals surface area contributed by atoms with Crippen LogP contribution in [0.5, 0.6) is 0 Å². The lowest BCUT2D eigenvalue weighted by Gasteiger charge is -2.31. The van der Waals surface area contributed by atoms with Gasteiger partial charge in [-0.3, -0.25) is 0 Å². The average Bonchev–Trinajstić information content (AvgIpc) is 2.30. The number of nitrogens with one attached hydrogen (secondary N) is 1. The molecule has 1 nitrogen and oxygen atoms in total. The molecule has 0 fully saturated rings. The van der Waals surface area contributed by atoms with Crippen LogP contribution in [0.3, 0.4) is 0 Å². The summed E-state index contributed by atoms with van der Waals surface area (Å²) in [5.41, 5.74) is 0.582. The summed E-state index contributed by atoms with van der Waals surface area (Å²) in [6.45, 7) is 6.75. The SMILES string of the molecule is C[C@]1(CNC[C@@]2(C)C=CC=CC2)C=CC=CC1. The fourth-order valence-corrected chi connectivity index (χ4v) is 2.44. The van der Waals surface area contributed by atoms with Crippen molar-refractivity contribution in [1.82, 2.24) is 5.32 Å². The minimum Gasteiger partial charge on any atom is -0.315 e. The van der Waals surface area contributed by atoms with E-state index in [0.29, 0.717) is 10.8 Å². The number of allylic oxidation sites excluding steroid dienone is 6. The lowest BCUT2D eigenvalue weighted by atomic mass is 9.81. The van der Waals surface area contributed by atoms with Gasteiger partial charge in [-0.1, -0.05) is 62.5 Å². The third-order valence-electron chi connectivity index (χ3n) is 3.72. The molecule has 0 aromatic heterocycles. The highest BCUT2D eigenvalue weighted by molar-refractivity contribution is 5.17. The minimum absolute atomic E-state index is 0.291. The van der Waals surface area contributed by atoms with Gasteiger partial charge in [-0.25, -0.2) is 0 Å². The predicted octanol–water partition coefficient (Wildman–Crippen LogP) is 3.62. The molecule has 2 rings (SSSR count). The van der Waals surface area contributed by atoms with Gasteiger partial charge in [0.2, 0.25) is 0 Å². The van der Waals surface area contributed by atoms with Crippen molar-refractivity contribution >= 4 is 0 Å². The fraction of sp³-hybridized carbons (Fsp3) is 0.500. The van der Waals surface area contributed by atoms with E-state index in [1.165, 1.54) is 0 Å². The van der Waals surface area contributed by atoms with Crippen molar-refractivity contribution in [2.45, 2.75) is 26.7 Å². The summed E-state index contributed by atoms with van der Waals surface area (Å²) >= 11 is 0. The van der Waals surface area contributed by atoms with Crippen molar-refractivity contribution < 1.29 is 0 Å². The zero-order chi connectivity index (χ0) is 12.2. The van der Waals surface area contributed by atoms with Crippen LogP contribution in [-0.2, 0) is 0 Å². The Morgan fingerprint density at radius 3 is 1.65 bits per heavy atom. The highest BCUT2D eigenvalue weighted by Crippen LogP contribution is 2.28. The summed E-state index contributed by atoms with van der Waals surface area (Å²) in [7, 11) is 0. The summed E-state index contributed by atoms with van der Waals surface area (Å²) in [4.78, 5) is 0. The zero-order valence-corrected chi connectivity index (χ0v) is 10.9. The molecule has 17 heavy (non-hydrogen) atoms. The van der Waals surface area contributed by atoms with Crippen molar-refractivity contribution in [3.8, 4) is 0 Å². The van der Waals surface area contributed by atoms with E-state index >= 15 is 0 Å². The number of hydrogen-bond donors (Lipinski definition) is 1. The summed E-state index contributed by atoms with van der Waals surface area (Å²) in [6.07, 6.45) is 20.0. The quantitative estimate of drug-likeness (QED) is 0.776. The molecule has 0 amide bonds. The van der Waals surface area contributed by atoms with Gasteiger partial charge < -0.3 is 5.32 Å². The minimum atomic E-state index is 0.291. The molecule has 2 aliphatic carbocycles. The molecular weight excluding hydrogens is 206 g/mol. The van der Waals surface area contributed by atoms with Gasteiger partial charge in [0.15, 0.2) is 0 Å². The lowest BCUT2D eigenvalue weighted by Crippen LogP contribution is -2.37. The smallest absolute Gasteiger partial charge is 0.00433 e. The average molecular weight is 229 g/mol. The maximum atomic E-state index is 3.64. The molecule has 1 heteroatoms. The third-order valence-corrected chi connectivity index (χ3v) is 3.72.